The van der Waals surface area contributed by atoms with Crippen molar-refractivity contribution in [2.45, 2.75) is 0 Å². The molecule has 0 bridgehead atoms. The summed E-state index contributed by atoms with van der Waals surface area (Å²) in [5.41, 5.74) is 0. The van der Waals surface area contributed by atoms with Crippen molar-refractivity contribution in [3.63, 3.8) is 0 Å². The zero-order valence-electron chi connectivity index (χ0n) is 12.1. The molecule has 1 aromatic carbocycles. The fourth-order valence-electron chi connectivity index (χ4n) is 1.56. The highest BCUT2D eigenvalue weighted by molar-refractivity contribution is 14.0. The van der Waals surface area contributed by atoms with Crippen molar-refractivity contribution >= 4 is 29.9 Å². The van der Waals surface area contributed by atoms with Crippen molar-refractivity contribution in [2.24, 2.45) is 4.99 Å². The molecule has 0 N–H and O–H groups in total. The quantitative estimate of drug-likeness (QED) is 0.337. The molecule has 20 heavy (non-hydrogen) atoms. The second-order valence-corrected chi connectivity index (χ2v) is 4.39. The van der Waals surface area contributed by atoms with Gasteiger partial charge in [-0.25, -0.2) is 13.8 Å². The second kappa shape index (κ2) is 8.93. The highest BCUT2D eigenvalue weighted by Crippen LogP contribution is 2.15. The van der Waals surface area contributed by atoms with E-state index in [1.165, 1.54) is 6.07 Å². The van der Waals surface area contributed by atoms with Gasteiger partial charge in [0.25, 0.3) is 0 Å². The lowest BCUT2D eigenvalue weighted by molar-refractivity contribution is 0.323. The van der Waals surface area contributed by atoms with Gasteiger partial charge in [-0.3, -0.25) is 0 Å². The lowest BCUT2D eigenvalue weighted by atomic mass is 10.3. The van der Waals surface area contributed by atoms with E-state index >= 15 is 0 Å². The van der Waals surface area contributed by atoms with Crippen LogP contribution < -0.4 is 4.74 Å². The first kappa shape index (κ1) is 18.9. The Morgan fingerprint density at radius 1 is 1.10 bits per heavy atom. The predicted octanol–water partition coefficient (Wildman–Crippen LogP) is 2.44. The number of hydrogen-bond acceptors (Lipinski definition) is 2. The Labute approximate surface area is 135 Å². The molecule has 0 aliphatic heterocycles. The minimum absolute atomic E-state index is 0. The van der Waals surface area contributed by atoms with Gasteiger partial charge in [0.05, 0.1) is 6.54 Å². The Hall–Kier alpha value is -1.12. The zero-order chi connectivity index (χ0) is 14.4. The number of aliphatic imine (C=N–C) groups is 1. The van der Waals surface area contributed by atoms with Gasteiger partial charge in [0, 0.05) is 34.3 Å². The van der Waals surface area contributed by atoms with E-state index in [9.17, 15) is 8.78 Å². The van der Waals surface area contributed by atoms with Gasteiger partial charge in [0.1, 0.15) is 12.4 Å². The number of hydrogen-bond donors (Lipinski definition) is 0. The molecule has 0 radical (unpaired) electrons. The average molecular weight is 399 g/mol. The summed E-state index contributed by atoms with van der Waals surface area (Å²) in [6.07, 6.45) is 0. The van der Waals surface area contributed by atoms with Crippen LogP contribution in [0.5, 0.6) is 5.75 Å². The first-order chi connectivity index (χ1) is 8.91. The minimum atomic E-state index is -0.914. The van der Waals surface area contributed by atoms with E-state index in [1.54, 1.807) is 0 Å². The summed E-state index contributed by atoms with van der Waals surface area (Å²) >= 11 is 0. The number of guanidine groups is 1. The fourth-order valence-corrected chi connectivity index (χ4v) is 1.56. The number of rotatable bonds is 4. The van der Waals surface area contributed by atoms with E-state index < -0.39 is 11.6 Å². The zero-order valence-corrected chi connectivity index (χ0v) is 14.4. The topological polar surface area (TPSA) is 28.1 Å². The Bertz CT molecular complexity index is 443. The molecule has 4 nitrogen and oxygen atoms in total. The highest BCUT2D eigenvalue weighted by Gasteiger charge is 2.04. The van der Waals surface area contributed by atoms with E-state index in [2.05, 4.69) is 4.99 Å². The predicted molar refractivity (Wildman–Crippen MR) is 86.9 cm³/mol. The van der Waals surface area contributed by atoms with Crippen LogP contribution in [0.1, 0.15) is 0 Å². The third-order valence-electron chi connectivity index (χ3n) is 2.30. The van der Waals surface area contributed by atoms with Crippen LogP contribution in [0.25, 0.3) is 0 Å². The van der Waals surface area contributed by atoms with Crippen LogP contribution in [0, 0.1) is 11.6 Å². The molecule has 0 aromatic heterocycles. The van der Waals surface area contributed by atoms with Crippen LogP contribution in [0.4, 0.5) is 8.78 Å². The molecule has 0 aliphatic carbocycles. The van der Waals surface area contributed by atoms with E-state index in [-0.39, 0.29) is 24.0 Å². The lowest BCUT2D eigenvalue weighted by Crippen LogP contribution is -2.35. The van der Waals surface area contributed by atoms with Gasteiger partial charge < -0.3 is 14.5 Å². The summed E-state index contributed by atoms with van der Waals surface area (Å²) in [6, 6.07) is 3.46. The molecule has 0 fully saturated rings. The maximum Gasteiger partial charge on any atom is 0.195 e. The molecular formula is C13H20F2IN3O. The second-order valence-electron chi connectivity index (χ2n) is 4.39. The van der Waals surface area contributed by atoms with Gasteiger partial charge >= 0.3 is 0 Å². The van der Waals surface area contributed by atoms with Crippen molar-refractivity contribution in [1.82, 2.24) is 9.80 Å². The molecule has 0 spiro atoms. The van der Waals surface area contributed by atoms with Crippen LogP contribution in [-0.2, 0) is 0 Å². The van der Waals surface area contributed by atoms with Crippen LogP contribution in [0.15, 0.2) is 23.2 Å². The summed E-state index contributed by atoms with van der Waals surface area (Å²) < 4.78 is 30.9. The molecule has 0 heterocycles. The first-order valence-corrected chi connectivity index (χ1v) is 5.88. The fraction of sp³-hybridized carbons (Fsp3) is 0.462. The summed E-state index contributed by atoms with van der Waals surface area (Å²) in [5.74, 6) is -0.685. The summed E-state index contributed by atoms with van der Waals surface area (Å²) in [4.78, 5) is 8.13. The van der Waals surface area contributed by atoms with Gasteiger partial charge in [0.2, 0.25) is 0 Å². The Morgan fingerprint density at radius 2 is 1.70 bits per heavy atom. The third-order valence-corrected chi connectivity index (χ3v) is 2.30. The molecule has 0 amide bonds. The third kappa shape index (κ3) is 5.89. The standard InChI is InChI=1S/C13H19F2N3O.HI/c1-17(2)13(18(3)4)16-7-8-19-10-5-6-11(14)12(15)9-10;/h5-6,9H,7-8H2,1-4H3;1H. The van der Waals surface area contributed by atoms with Crippen LogP contribution in [0.2, 0.25) is 0 Å². The van der Waals surface area contributed by atoms with E-state index in [0.29, 0.717) is 18.9 Å². The van der Waals surface area contributed by atoms with E-state index in [0.717, 1.165) is 18.1 Å². The smallest absolute Gasteiger partial charge is 0.195 e. The Kier molecular flexibility index (Phi) is 8.43. The summed E-state index contributed by atoms with van der Waals surface area (Å²) in [6.45, 7) is 0.737. The molecular weight excluding hydrogens is 379 g/mol. The number of benzene rings is 1. The van der Waals surface area contributed by atoms with Crippen LogP contribution in [0.3, 0.4) is 0 Å². The molecule has 114 valence electrons. The Morgan fingerprint density at radius 3 is 2.20 bits per heavy atom. The van der Waals surface area contributed by atoms with E-state index in [1.807, 2.05) is 38.0 Å². The molecule has 0 saturated carbocycles. The molecule has 1 rings (SSSR count). The highest BCUT2D eigenvalue weighted by atomic mass is 127. The first-order valence-electron chi connectivity index (χ1n) is 5.88. The van der Waals surface area contributed by atoms with Crippen LogP contribution in [-0.4, -0.2) is 57.1 Å². The number of ether oxygens (including phenoxy) is 1. The van der Waals surface area contributed by atoms with Crippen LogP contribution >= 0.6 is 24.0 Å². The maximum absolute atomic E-state index is 12.9. The van der Waals surface area contributed by atoms with Crippen molar-refractivity contribution in [2.75, 3.05) is 41.3 Å². The monoisotopic (exact) mass is 399 g/mol. The molecule has 7 heteroatoms. The molecule has 0 atom stereocenters. The number of nitrogens with zero attached hydrogens (tertiary/aromatic N) is 3. The van der Waals surface area contributed by atoms with Crippen molar-refractivity contribution in [3.8, 4) is 5.75 Å². The number of halogens is 3. The summed E-state index contributed by atoms with van der Waals surface area (Å²) in [7, 11) is 7.59. The van der Waals surface area contributed by atoms with Gasteiger partial charge in [-0.05, 0) is 12.1 Å². The normalized spacial score (nSPS) is 9.50. The SMILES string of the molecule is CN(C)C(=NCCOc1ccc(F)c(F)c1)N(C)C.I. The van der Waals surface area contributed by atoms with Crippen molar-refractivity contribution in [3.05, 3.63) is 29.8 Å². The van der Waals surface area contributed by atoms with Gasteiger partial charge in [-0.2, -0.15) is 0 Å². The molecule has 0 aliphatic rings. The summed E-state index contributed by atoms with van der Waals surface area (Å²) in [5, 5.41) is 0. The lowest BCUT2D eigenvalue weighted by Gasteiger charge is -2.22. The minimum Gasteiger partial charge on any atom is -0.492 e. The molecule has 0 unspecified atom stereocenters. The van der Waals surface area contributed by atoms with Crippen molar-refractivity contribution in [1.29, 1.82) is 0 Å². The van der Waals surface area contributed by atoms with Gasteiger partial charge in [-0.15, -0.1) is 24.0 Å². The van der Waals surface area contributed by atoms with Crippen molar-refractivity contribution < 1.29 is 13.5 Å². The van der Waals surface area contributed by atoms with Gasteiger partial charge in [0.15, 0.2) is 17.6 Å². The maximum atomic E-state index is 12.9. The molecule has 0 saturated heterocycles. The Balaban J connectivity index is 0.00000361. The molecule has 1 aromatic rings. The average Bonchev–Trinajstić information content (AvgIpc) is 2.32. The van der Waals surface area contributed by atoms with Gasteiger partial charge in [-0.1, -0.05) is 0 Å². The largest absolute Gasteiger partial charge is 0.492 e. The van der Waals surface area contributed by atoms with E-state index in [4.69, 9.17) is 4.74 Å².